The van der Waals surface area contributed by atoms with E-state index in [0.717, 1.165) is 42.3 Å². The zero-order chi connectivity index (χ0) is 16.1. The molecule has 0 aliphatic carbocycles. The van der Waals surface area contributed by atoms with Crippen LogP contribution in [0.5, 0.6) is 0 Å². The lowest BCUT2D eigenvalue weighted by atomic mass is 9.98. The number of thioether (sulfide) groups is 1. The molecule has 1 saturated heterocycles. The molecule has 1 heterocycles. The zero-order valence-electron chi connectivity index (χ0n) is 13.5. The third kappa shape index (κ3) is 4.17. The summed E-state index contributed by atoms with van der Waals surface area (Å²) in [4.78, 5) is 16.3. The average Bonchev–Trinajstić information content (AvgIpc) is 2.61. The lowest BCUT2D eigenvalue weighted by Gasteiger charge is -2.33. The van der Waals surface area contributed by atoms with Crippen LogP contribution in [0.15, 0.2) is 65.6 Å². The van der Waals surface area contributed by atoms with E-state index in [1.54, 1.807) is 11.8 Å². The van der Waals surface area contributed by atoms with Crippen LogP contribution in [0, 0.1) is 5.92 Å². The number of nitrogens with zero attached hydrogens (tertiary/aromatic N) is 1. The molecule has 1 aliphatic rings. The Bertz CT molecular complexity index is 621. The fraction of sp³-hybridized carbons (Fsp3) is 0.350. The SMILES string of the molecule is CC1CCN(C(=O)C(Sc2ccccc2)c2ccccc2)CC1. The minimum absolute atomic E-state index is 0.160. The lowest BCUT2D eigenvalue weighted by Crippen LogP contribution is -2.40. The molecule has 1 amide bonds. The second-order valence-corrected chi connectivity index (χ2v) is 7.41. The van der Waals surface area contributed by atoms with Crippen molar-refractivity contribution in [2.75, 3.05) is 13.1 Å². The molecule has 0 saturated carbocycles. The second-order valence-electron chi connectivity index (χ2n) is 6.23. The van der Waals surface area contributed by atoms with E-state index in [0.29, 0.717) is 0 Å². The Morgan fingerprint density at radius 1 is 1.00 bits per heavy atom. The van der Waals surface area contributed by atoms with Crippen molar-refractivity contribution in [2.45, 2.75) is 29.9 Å². The molecule has 120 valence electrons. The van der Waals surface area contributed by atoms with Gasteiger partial charge in [0.15, 0.2) is 0 Å². The second kappa shape index (κ2) is 7.69. The predicted molar refractivity (Wildman–Crippen MR) is 96.5 cm³/mol. The molecule has 3 heteroatoms. The summed E-state index contributed by atoms with van der Waals surface area (Å²) < 4.78 is 0. The van der Waals surface area contributed by atoms with Crippen LogP contribution in [0.1, 0.15) is 30.6 Å². The largest absolute Gasteiger partial charge is 0.341 e. The zero-order valence-corrected chi connectivity index (χ0v) is 14.3. The van der Waals surface area contributed by atoms with Crippen LogP contribution in [0.4, 0.5) is 0 Å². The first-order chi connectivity index (χ1) is 11.2. The van der Waals surface area contributed by atoms with Gasteiger partial charge in [0.1, 0.15) is 5.25 Å². The van der Waals surface area contributed by atoms with E-state index in [1.165, 1.54) is 0 Å². The van der Waals surface area contributed by atoms with Crippen LogP contribution >= 0.6 is 11.8 Å². The van der Waals surface area contributed by atoms with Crippen molar-refractivity contribution in [3.63, 3.8) is 0 Å². The number of hydrogen-bond acceptors (Lipinski definition) is 2. The topological polar surface area (TPSA) is 20.3 Å². The molecule has 0 N–H and O–H groups in total. The quantitative estimate of drug-likeness (QED) is 0.754. The van der Waals surface area contributed by atoms with E-state index in [2.05, 4.69) is 31.2 Å². The standard InChI is InChI=1S/C20H23NOS/c1-16-12-14-21(15-13-16)20(22)19(17-8-4-2-5-9-17)23-18-10-6-3-7-11-18/h2-11,16,19H,12-15H2,1H3. The van der Waals surface area contributed by atoms with Crippen molar-refractivity contribution < 1.29 is 4.79 Å². The molecule has 1 unspecified atom stereocenters. The van der Waals surface area contributed by atoms with Crippen LogP contribution in [0.2, 0.25) is 0 Å². The van der Waals surface area contributed by atoms with Gasteiger partial charge in [-0.3, -0.25) is 4.79 Å². The highest BCUT2D eigenvalue weighted by molar-refractivity contribution is 8.00. The highest BCUT2D eigenvalue weighted by Crippen LogP contribution is 2.37. The summed E-state index contributed by atoms with van der Waals surface area (Å²) in [6.07, 6.45) is 2.23. The smallest absolute Gasteiger partial charge is 0.240 e. The first-order valence-electron chi connectivity index (χ1n) is 8.29. The van der Waals surface area contributed by atoms with Crippen molar-refractivity contribution >= 4 is 17.7 Å². The molecule has 0 aromatic heterocycles. The van der Waals surface area contributed by atoms with Gasteiger partial charge in [-0.15, -0.1) is 11.8 Å². The molecule has 3 rings (SSSR count). The number of piperidine rings is 1. The fourth-order valence-electron chi connectivity index (χ4n) is 2.92. The van der Waals surface area contributed by atoms with Gasteiger partial charge in [-0.25, -0.2) is 0 Å². The average molecular weight is 325 g/mol. The summed E-state index contributed by atoms with van der Waals surface area (Å²) in [5.74, 6) is 0.980. The molecule has 1 fully saturated rings. The van der Waals surface area contributed by atoms with Gasteiger partial charge in [0.2, 0.25) is 5.91 Å². The summed E-state index contributed by atoms with van der Waals surface area (Å²) in [6.45, 7) is 4.05. The van der Waals surface area contributed by atoms with Crippen LogP contribution in [0.25, 0.3) is 0 Å². The Kier molecular flexibility index (Phi) is 5.39. The van der Waals surface area contributed by atoms with Crippen LogP contribution in [-0.2, 0) is 4.79 Å². The van der Waals surface area contributed by atoms with Gasteiger partial charge < -0.3 is 4.90 Å². The van der Waals surface area contributed by atoms with E-state index in [-0.39, 0.29) is 11.2 Å². The molecule has 1 atom stereocenters. The summed E-state index contributed by atoms with van der Waals surface area (Å²) in [6, 6.07) is 20.4. The van der Waals surface area contributed by atoms with E-state index in [9.17, 15) is 4.79 Å². The molecule has 23 heavy (non-hydrogen) atoms. The summed E-state index contributed by atoms with van der Waals surface area (Å²) in [5.41, 5.74) is 1.09. The Labute approximate surface area is 142 Å². The minimum atomic E-state index is -0.160. The Hall–Kier alpha value is -1.74. The molecule has 2 aromatic carbocycles. The monoisotopic (exact) mass is 325 g/mol. The van der Waals surface area contributed by atoms with Crippen LogP contribution in [-0.4, -0.2) is 23.9 Å². The molecule has 0 radical (unpaired) electrons. The van der Waals surface area contributed by atoms with E-state index < -0.39 is 0 Å². The van der Waals surface area contributed by atoms with Crippen molar-refractivity contribution in [1.82, 2.24) is 4.90 Å². The van der Waals surface area contributed by atoms with Gasteiger partial charge in [-0.05, 0) is 36.5 Å². The highest BCUT2D eigenvalue weighted by Gasteiger charge is 2.29. The molecule has 1 aliphatic heterocycles. The van der Waals surface area contributed by atoms with Gasteiger partial charge >= 0.3 is 0 Å². The fourth-order valence-corrected chi connectivity index (χ4v) is 4.05. The number of rotatable bonds is 4. The number of carbonyl (C=O) groups is 1. The normalized spacial score (nSPS) is 17.0. The summed E-state index contributed by atoms with van der Waals surface area (Å²) >= 11 is 1.65. The van der Waals surface area contributed by atoms with Crippen molar-refractivity contribution in [3.8, 4) is 0 Å². The van der Waals surface area contributed by atoms with Gasteiger partial charge in [0.05, 0.1) is 0 Å². The third-order valence-corrected chi connectivity index (χ3v) is 5.67. The van der Waals surface area contributed by atoms with Gasteiger partial charge in [0.25, 0.3) is 0 Å². The number of amides is 1. The molecular weight excluding hydrogens is 302 g/mol. The summed E-state index contributed by atoms with van der Waals surface area (Å²) in [5, 5.41) is -0.160. The van der Waals surface area contributed by atoms with Gasteiger partial charge in [-0.2, -0.15) is 0 Å². The molecule has 0 spiro atoms. The third-order valence-electron chi connectivity index (χ3n) is 4.42. The first kappa shape index (κ1) is 16.1. The van der Waals surface area contributed by atoms with Crippen molar-refractivity contribution in [1.29, 1.82) is 0 Å². The maximum absolute atomic E-state index is 13.1. The van der Waals surface area contributed by atoms with Crippen LogP contribution < -0.4 is 0 Å². The van der Waals surface area contributed by atoms with Gasteiger partial charge in [-0.1, -0.05) is 55.5 Å². The van der Waals surface area contributed by atoms with E-state index in [4.69, 9.17) is 0 Å². The van der Waals surface area contributed by atoms with Crippen LogP contribution in [0.3, 0.4) is 0 Å². The Morgan fingerprint density at radius 2 is 1.57 bits per heavy atom. The number of hydrogen-bond donors (Lipinski definition) is 0. The van der Waals surface area contributed by atoms with Gasteiger partial charge in [0, 0.05) is 18.0 Å². The van der Waals surface area contributed by atoms with Crippen molar-refractivity contribution in [2.24, 2.45) is 5.92 Å². The number of benzene rings is 2. The molecule has 2 aromatic rings. The summed E-state index contributed by atoms with van der Waals surface area (Å²) in [7, 11) is 0. The highest BCUT2D eigenvalue weighted by atomic mass is 32.2. The Balaban J connectivity index is 1.81. The number of likely N-dealkylation sites (tertiary alicyclic amines) is 1. The predicted octanol–water partition coefficient (Wildman–Crippen LogP) is 4.78. The van der Waals surface area contributed by atoms with E-state index in [1.807, 2.05) is 41.3 Å². The Morgan fingerprint density at radius 3 is 2.17 bits per heavy atom. The first-order valence-corrected chi connectivity index (χ1v) is 9.17. The molecule has 0 bridgehead atoms. The van der Waals surface area contributed by atoms with Crippen molar-refractivity contribution in [3.05, 3.63) is 66.2 Å². The number of carbonyl (C=O) groups excluding carboxylic acids is 1. The lowest BCUT2D eigenvalue weighted by molar-refractivity contribution is -0.132. The minimum Gasteiger partial charge on any atom is -0.341 e. The molecular formula is C20H23NOS. The molecule has 2 nitrogen and oxygen atoms in total. The van der Waals surface area contributed by atoms with E-state index >= 15 is 0 Å². The maximum atomic E-state index is 13.1. The maximum Gasteiger partial charge on any atom is 0.240 e.